The summed E-state index contributed by atoms with van der Waals surface area (Å²) in [5.74, 6) is -0.192. The third kappa shape index (κ3) is 3.76. The van der Waals surface area contributed by atoms with Gasteiger partial charge in [-0.05, 0) is 24.6 Å². The third-order valence-electron chi connectivity index (χ3n) is 2.90. The van der Waals surface area contributed by atoms with Gasteiger partial charge in [-0.25, -0.2) is 5.10 Å². The van der Waals surface area contributed by atoms with E-state index in [1.165, 1.54) is 6.07 Å². The van der Waals surface area contributed by atoms with Crippen molar-refractivity contribution in [3.8, 4) is 17.3 Å². The number of aromatic amines is 1. The van der Waals surface area contributed by atoms with Crippen LogP contribution in [0.1, 0.15) is 18.4 Å². The second-order valence-corrected chi connectivity index (χ2v) is 4.55. The van der Waals surface area contributed by atoms with Crippen LogP contribution in [-0.4, -0.2) is 16.1 Å². The highest BCUT2D eigenvalue weighted by Crippen LogP contribution is 2.21. The van der Waals surface area contributed by atoms with Gasteiger partial charge in [0.15, 0.2) is 0 Å². The normalized spacial score (nSPS) is 9.90. The van der Waals surface area contributed by atoms with Crippen molar-refractivity contribution < 1.29 is 4.79 Å². The molecule has 6 heteroatoms. The number of carbonyl (C=O) groups excluding carboxylic acids is 1. The fraction of sp³-hybridized carbons (Fsp3) is 0.200. The van der Waals surface area contributed by atoms with Gasteiger partial charge in [0.25, 0.3) is 5.56 Å². The van der Waals surface area contributed by atoms with Crippen LogP contribution >= 0.6 is 0 Å². The minimum absolute atomic E-state index is 0.179. The standard InChI is InChI=1S/C15H14N4O2/c1-10-9-14(21)18-19-15(10)11-4-6-12(7-5-11)17-13(20)3-2-8-16/h4-7,9H,2-3H2,1H3,(H,17,20)(H,18,21). The molecule has 0 fully saturated rings. The van der Waals surface area contributed by atoms with Crippen LogP contribution in [0.2, 0.25) is 0 Å². The zero-order valence-corrected chi connectivity index (χ0v) is 11.5. The molecule has 1 aromatic carbocycles. The Labute approximate surface area is 121 Å². The van der Waals surface area contributed by atoms with E-state index in [9.17, 15) is 9.59 Å². The largest absolute Gasteiger partial charge is 0.326 e. The van der Waals surface area contributed by atoms with Crippen molar-refractivity contribution in [3.63, 3.8) is 0 Å². The van der Waals surface area contributed by atoms with E-state index >= 15 is 0 Å². The van der Waals surface area contributed by atoms with E-state index < -0.39 is 0 Å². The SMILES string of the molecule is Cc1cc(=O)[nH]nc1-c1ccc(NC(=O)CCC#N)cc1. The van der Waals surface area contributed by atoms with Crippen LogP contribution in [0.5, 0.6) is 0 Å². The molecule has 0 aliphatic rings. The zero-order valence-electron chi connectivity index (χ0n) is 11.5. The number of nitrogens with zero attached hydrogens (tertiary/aromatic N) is 2. The Morgan fingerprint density at radius 2 is 2.10 bits per heavy atom. The van der Waals surface area contributed by atoms with E-state index in [4.69, 9.17) is 5.26 Å². The highest BCUT2D eigenvalue weighted by atomic mass is 16.1. The molecule has 0 spiro atoms. The Morgan fingerprint density at radius 3 is 2.71 bits per heavy atom. The molecular weight excluding hydrogens is 268 g/mol. The molecule has 1 aromatic heterocycles. The lowest BCUT2D eigenvalue weighted by Gasteiger charge is -2.07. The molecule has 2 rings (SSSR count). The van der Waals surface area contributed by atoms with Crippen molar-refractivity contribution in [2.45, 2.75) is 19.8 Å². The molecule has 0 radical (unpaired) electrons. The summed E-state index contributed by atoms with van der Waals surface area (Å²) < 4.78 is 0. The number of hydrogen-bond acceptors (Lipinski definition) is 4. The molecular formula is C15H14N4O2. The molecule has 0 saturated heterocycles. The first-order chi connectivity index (χ1) is 10.1. The summed E-state index contributed by atoms with van der Waals surface area (Å²) >= 11 is 0. The predicted octanol–water partition coefficient (Wildman–Crippen LogP) is 1.99. The molecule has 1 amide bonds. The van der Waals surface area contributed by atoms with E-state index in [0.29, 0.717) is 11.4 Å². The summed E-state index contributed by atoms with van der Waals surface area (Å²) in [6, 6.07) is 10.6. The van der Waals surface area contributed by atoms with Crippen molar-refractivity contribution in [2.75, 3.05) is 5.32 Å². The maximum Gasteiger partial charge on any atom is 0.264 e. The number of hydrogen-bond donors (Lipinski definition) is 2. The fourth-order valence-electron chi connectivity index (χ4n) is 1.89. The Balaban J connectivity index is 2.14. The number of carbonyl (C=O) groups is 1. The van der Waals surface area contributed by atoms with Crippen LogP contribution in [0.3, 0.4) is 0 Å². The average Bonchev–Trinajstić information content (AvgIpc) is 2.46. The van der Waals surface area contributed by atoms with E-state index in [1.807, 2.05) is 25.1 Å². The van der Waals surface area contributed by atoms with E-state index in [2.05, 4.69) is 15.5 Å². The number of nitriles is 1. The van der Waals surface area contributed by atoms with Gasteiger partial charge in [-0.1, -0.05) is 12.1 Å². The molecule has 0 saturated carbocycles. The van der Waals surface area contributed by atoms with E-state index in [0.717, 1.165) is 11.1 Å². The van der Waals surface area contributed by atoms with Gasteiger partial charge < -0.3 is 5.32 Å². The van der Waals surface area contributed by atoms with Gasteiger partial charge in [-0.15, -0.1) is 0 Å². The summed E-state index contributed by atoms with van der Waals surface area (Å²) in [5.41, 5.74) is 2.74. The Hall–Kier alpha value is -2.94. The molecule has 0 unspecified atom stereocenters. The lowest BCUT2D eigenvalue weighted by atomic mass is 10.1. The topological polar surface area (TPSA) is 98.6 Å². The minimum atomic E-state index is -0.238. The molecule has 6 nitrogen and oxygen atoms in total. The van der Waals surface area contributed by atoms with Crippen LogP contribution in [0.15, 0.2) is 35.1 Å². The smallest absolute Gasteiger partial charge is 0.264 e. The van der Waals surface area contributed by atoms with Gasteiger partial charge in [0, 0.05) is 30.2 Å². The highest BCUT2D eigenvalue weighted by Gasteiger charge is 2.06. The van der Waals surface area contributed by atoms with Gasteiger partial charge in [-0.2, -0.15) is 10.4 Å². The van der Waals surface area contributed by atoms with Crippen LogP contribution < -0.4 is 10.9 Å². The van der Waals surface area contributed by atoms with Gasteiger partial charge >= 0.3 is 0 Å². The van der Waals surface area contributed by atoms with Crippen molar-refractivity contribution >= 4 is 11.6 Å². The molecule has 0 bridgehead atoms. The van der Waals surface area contributed by atoms with Gasteiger partial charge in [0.05, 0.1) is 11.8 Å². The minimum Gasteiger partial charge on any atom is -0.326 e. The van der Waals surface area contributed by atoms with E-state index in [-0.39, 0.29) is 24.3 Å². The number of anilines is 1. The summed E-state index contributed by atoms with van der Waals surface area (Å²) in [7, 11) is 0. The van der Waals surface area contributed by atoms with Crippen molar-refractivity contribution in [1.82, 2.24) is 10.2 Å². The number of aromatic nitrogens is 2. The molecule has 21 heavy (non-hydrogen) atoms. The van der Waals surface area contributed by atoms with Crippen LogP contribution in [0, 0.1) is 18.3 Å². The second kappa shape index (κ2) is 6.48. The number of benzene rings is 1. The zero-order chi connectivity index (χ0) is 15.2. The number of amides is 1. The Kier molecular flexibility index (Phi) is 4.46. The first-order valence-corrected chi connectivity index (χ1v) is 6.43. The highest BCUT2D eigenvalue weighted by molar-refractivity contribution is 5.91. The molecule has 106 valence electrons. The summed E-state index contributed by atoms with van der Waals surface area (Å²) in [5, 5.41) is 17.6. The second-order valence-electron chi connectivity index (χ2n) is 4.55. The first kappa shape index (κ1) is 14.5. The van der Waals surface area contributed by atoms with Crippen molar-refractivity contribution in [1.29, 1.82) is 5.26 Å². The predicted molar refractivity (Wildman–Crippen MR) is 78.5 cm³/mol. The van der Waals surface area contributed by atoms with E-state index in [1.54, 1.807) is 12.1 Å². The van der Waals surface area contributed by atoms with Gasteiger partial charge in [0.2, 0.25) is 5.91 Å². The number of rotatable bonds is 4. The van der Waals surface area contributed by atoms with Crippen LogP contribution in [-0.2, 0) is 4.79 Å². The lowest BCUT2D eigenvalue weighted by molar-refractivity contribution is -0.116. The maximum absolute atomic E-state index is 11.5. The molecule has 2 N–H and O–H groups in total. The quantitative estimate of drug-likeness (QED) is 0.895. The monoisotopic (exact) mass is 282 g/mol. The summed E-state index contributed by atoms with van der Waals surface area (Å²) in [6.45, 7) is 1.81. The number of aryl methyl sites for hydroxylation is 1. The molecule has 1 heterocycles. The third-order valence-corrected chi connectivity index (χ3v) is 2.90. The molecule has 0 aliphatic carbocycles. The Bertz CT molecular complexity index is 742. The lowest BCUT2D eigenvalue weighted by Crippen LogP contribution is -2.10. The maximum atomic E-state index is 11.5. The van der Waals surface area contributed by atoms with Crippen LogP contribution in [0.4, 0.5) is 5.69 Å². The summed E-state index contributed by atoms with van der Waals surface area (Å²) in [6.07, 6.45) is 0.378. The Morgan fingerprint density at radius 1 is 1.38 bits per heavy atom. The fourth-order valence-corrected chi connectivity index (χ4v) is 1.89. The van der Waals surface area contributed by atoms with Crippen molar-refractivity contribution in [3.05, 3.63) is 46.2 Å². The average molecular weight is 282 g/mol. The van der Waals surface area contributed by atoms with Gasteiger partial charge in [-0.3, -0.25) is 9.59 Å². The van der Waals surface area contributed by atoms with Crippen molar-refractivity contribution in [2.24, 2.45) is 0 Å². The van der Waals surface area contributed by atoms with Crippen LogP contribution in [0.25, 0.3) is 11.3 Å². The van der Waals surface area contributed by atoms with Gasteiger partial charge in [0.1, 0.15) is 0 Å². The summed E-state index contributed by atoms with van der Waals surface area (Å²) in [4.78, 5) is 22.7. The molecule has 0 aliphatic heterocycles. The molecule has 0 atom stereocenters. The number of H-pyrrole nitrogens is 1. The molecule has 2 aromatic rings. The number of nitrogens with one attached hydrogen (secondary N) is 2. The first-order valence-electron chi connectivity index (χ1n) is 6.43.